The van der Waals surface area contributed by atoms with Crippen LogP contribution in [0.3, 0.4) is 0 Å². The number of aromatic nitrogens is 2. The van der Waals surface area contributed by atoms with Gasteiger partial charge in [0.05, 0.1) is 6.26 Å². The highest BCUT2D eigenvalue weighted by Gasteiger charge is 2.11. The summed E-state index contributed by atoms with van der Waals surface area (Å²) in [4.78, 5) is 7.50. The molecular weight excluding hydrogens is 244 g/mol. The van der Waals surface area contributed by atoms with Crippen molar-refractivity contribution >= 4 is 15.9 Å². The highest BCUT2D eigenvalue weighted by atomic mass is 79.9. The number of alkyl halides is 1. The first kappa shape index (κ1) is 9.52. The Bertz CT molecular complexity index is 394. The van der Waals surface area contributed by atoms with Gasteiger partial charge in [0.15, 0.2) is 0 Å². The van der Waals surface area contributed by atoms with Gasteiger partial charge in [-0.05, 0) is 13.0 Å². The number of hydrogen-bond donors (Lipinski definition) is 1. The second-order valence-electron chi connectivity index (χ2n) is 3.20. The molecule has 0 fully saturated rings. The van der Waals surface area contributed by atoms with Gasteiger partial charge in [-0.25, -0.2) is 4.98 Å². The zero-order valence-corrected chi connectivity index (χ0v) is 9.41. The molecule has 74 valence electrons. The molecule has 0 aliphatic heterocycles. The van der Waals surface area contributed by atoms with E-state index in [0.717, 1.165) is 23.6 Å². The predicted octanol–water partition coefficient (Wildman–Crippen LogP) is 2.99. The lowest BCUT2D eigenvalue weighted by Gasteiger charge is -2.03. The summed E-state index contributed by atoms with van der Waals surface area (Å²) in [5, 5.41) is 0. The van der Waals surface area contributed by atoms with E-state index in [0.29, 0.717) is 0 Å². The van der Waals surface area contributed by atoms with Crippen LogP contribution in [-0.2, 0) is 6.42 Å². The average Bonchev–Trinajstić information content (AvgIpc) is 2.75. The van der Waals surface area contributed by atoms with Crippen molar-refractivity contribution in [1.82, 2.24) is 9.97 Å². The molecule has 0 aromatic carbocycles. The second-order valence-corrected chi connectivity index (χ2v) is 4.30. The van der Waals surface area contributed by atoms with E-state index in [9.17, 15) is 0 Å². The Morgan fingerprint density at radius 2 is 2.50 bits per heavy atom. The van der Waals surface area contributed by atoms with Gasteiger partial charge in [0.25, 0.3) is 0 Å². The maximum Gasteiger partial charge on any atom is 0.107 e. The molecule has 0 aliphatic carbocycles. The van der Waals surface area contributed by atoms with Crippen molar-refractivity contribution in [2.24, 2.45) is 0 Å². The summed E-state index contributed by atoms with van der Waals surface area (Å²) < 4.78 is 5.24. The summed E-state index contributed by atoms with van der Waals surface area (Å²) in [6.07, 6.45) is 6.20. The van der Waals surface area contributed by atoms with Crippen LogP contribution in [0.1, 0.15) is 22.0 Å². The van der Waals surface area contributed by atoms with Crippen molar-refractivity contribution in [2.75, 3.05) is 0 Å². The van der Waals surface area contributed by atoms with Gasteiger partial charge in [-0.2, -0.15) is 0 Å². The molecule has 1 N–H and O–H groups in total. The quantitative estimate of drug-likeness (QED) is 0.856. The predicted molar refractivity (Wildman–Crippen MR) is 57.4 cm³/mol. The molecule has 2 aromatic rings. The maximum atomic E-state index is 5.24. The van der Waals surface area contributed by atoms with Crippen LogP contribution in [0.25, 0.3) is 0 Å². The Morgan fingerprint density at radius 1 is 1.64 bits per heavy atom. The largest absolute Gasteiger partial charge is 0.469 e. The lowest BCUT2D eigenvalue weighted by atomic mass is 10.2. The van der Waals surface area contributed by atoms with Gasteiger partial charge < -0.3 is 9.40 Å². The zero-order valence-electron chi connectivity index (χ0n) is 7.83. The van der Waals surface area contributed by atoms with Gasteiger partial charge >= 0.3 is 0 Å². The number of imidazole rings is 1. The molecule has 3 nitrogen and oxygen atoms in total. The van der Waals surface area contributed by atoms with Crippen molar-refractivity contribution in [3.63, 3.8) is 0 Å². The average molecular weight is 255 g/mol. The third kappa shape index (κ3) is 2.07. The molecule has 0 saturated heterocycles. The van der Waals surface area contributed by atoms with Gasteiger partial charge in [-0.1, -0.05) is 15.9 Å². The summed E-state index contributed by atoms with van der Waals surface area (Å²) in [7, 11) is 0. The van der Waals surface area contributed by atoms with Crippen LogP contribution in [-0.4, -0.2) is 9.97 Å². The summed E-state index contributed by atoms with van der Waals surface area (Å²) in [5.74, 6) is 1.91. The van der Waals surface area contributed by atoms with E-state index in [2.05, 4.69) is 25.9 Å². The van der Waals surface area contributed by atoms with Crippen molar-refractivity contribution in [2.45, 2.75) is 18.2 Å². The fraction of sp³-hybridized carbons (Fsp3) is 0.300. The van der Waals surface area contributed by atoms with E-state index in [4.69, 9.17) is 4.42 Å². The van der Waals surface area contributed by atoms with E-state index < -0.39 is 0 Å². The van der Waals surface area contributed by atoms with Crippen molar-refractivity contribution in [3.05, 3.63) is 41.9 Å². The fourth-order valence-corrected chi connectivity index (χ4v) is 1.87. The van der Waals surface area contributed by atoms with Crippen LogP contribution in [0.5, 0.6) is 0 Å². The normalized spacial score (nSPS) is 13.0. The molecular formula is C10H11BrN2O. The molecule has 0 aliphatic rings. The highest BCUT2D eigenvalue weighted by Crippen LogP contribution is 2.27. The minimum atomic E-state index is 0.256. The van der Waals surface area contributed by atoms with Crippen LogP contribution in [0, 0.1) is 6.92 Å². The monoisotopic (exact) mass is 254 g/mol. The van der Waals surface area contributed by atoms with Crippen LogP contribution in [0.15, 0.2) is 29.1 Å². The standard InChI is InChI=1S/C10H11BrN2O/c1-7-4-8(6-14-7)9(11)5-10-12-2-3-13-10/h2-4,6,9H,5H2,1H3,(H,12,13). The van der Waals surface area contributed by atoms with E-state index in [1.165, 1.54) is 0 Å². The summed E-state index contributed by atoms with van der Waals surface area (Å²) in [6.45, 7) is 1.94. The number of aromatic amines is 1. The molecule has 0 amide bonds. The summed E-state index contributed by atoms with van der Waals surface area (Å²) >= 11 is 3.60. The Morgan fingerprint density at radius 3 is 3.07 bits per heavy atom. The molecule has 0 radical (unpaired) electrons. The Labute approximate surface area is 90.7 Å². The lowest BCUT2D eigenvalue weighted by Crippen LogP contribution is -1.95. The highest BCUT2D eigenvalue weighted by molar-refractivity contribution is 9.09. The number of halogens is 1. The molecule has 2 aromatic heterocycles. The van der Waals surface area contributed by atoms with E-state index >= 15 is 0 Å². The molecule has 1 unspecified atom stereocenters. The van der Waals surface area contributed by atoms with Crippen LogP contribution >= 0.6 is 15.9 Å². The van der Waals surface area contributed by atoms with Crippen LogP contribution < -0.4 is 0 Å². The van der Waals surface area contributed by atoms with Crippen molar-refractivity contribution in [3.8, 4) is 0 Å². The minimum Gasteiger partial charge on any atom is -0.469 e. The molecule has 2 heterocycles. The van der Waals surface area contributed by atoms with Crippen LogP contribution in [0.4, 0.5) is 0 Å². The van der Waals surface area contributed by atoms with Crippen LogP contribution in [0.2, 0.25) is 0 Å². The Balaban J connectivity index is 2.06. The first-order chi connectivity index (χ1) is 6.75. The molecule has 2 rings (SSSR count). The molecule has 0 saturated carbocycles. The number of H-pyrrole nitrogens is 1. The maximum absolute atomic E-state index is 5.24. The van der Waals surface area contributed by atoms with Gasteiger partial charge in [-0.3, -0.25) is 0 Å². The molecule has 0 spiro atoms. The third-order valence-electron chi connectivity index (χ3n) is 2.04. The molecule has 1 atom stereocenters. The van der Waals surface area contributed by atoms with Crippen molar-refractivity contribution < 1.29 is 4.42 Å². The SMILES string of the molecule is Cc1cc(C(Br)Cc2ncc[nH]2)co1. The van der Waals surface area contributed by atoms with E-state index in [-0.39, 0.29) is 4.83 Å². The van der Waals surface area contributed by atoms with E-state index in [1.807, 2.05) is 19.2 Å². The van der Waals surface area contributed by atoms with Gasteiger partial charge in [-0.15, -0.1) is 0 Å². The van der Waals surface area contributed by atoms with Gasteiger partial charge in [0.1, 0.15) is 11.6 Å². The fourth-order valence-electron chi connectivity index (χ4n) is 1.33. The zero-order chi connectivity index (χ0) is 9.97. The Hall–Kier alpha value is -1.03. The number of furan rings is 1. The number of hydrogen-bond acceptors (Lipinski definition) is 2. The number of rotatable bonds is 3. The molecule has 4 heteroatoms. The first-order valence-electron chi connectivity index (χ1n) is 4.43. The Kier molecular flexibility index (Phi) is 2.72. The summed E-state index contributed by atoms with van der Waals surface area (Å²) in [5.41, 5.74) is 1.15. The smallest absolute Gasteiger partial charge is 0.107 e. The topological polar surface area (TPSA) is 41.8 Å². The third-order valence-corrected chi connectivity index (χ3v) is 2.89. The number of nitrogens with zero attached hydrogens (tertiary/aromatic N) is 1. The van der Waals surface area contributed by atoms with Crippen molar-refractivity contribution in [1.29, 1.82) is 0 Å². The number of aryl methyl sites for hydroxylation is 1. The number of nitrogens with one attached hydrogen (secondary N) is 1. The summed E-state index contributed by atoms with van der Waals surface area (Å²) in [6, 6.07) is 2.03. The van der Waals surface area contributed by atoms with Gasteiger partial charge in [0.2, 0.25) is 0 Å². The first-order valence-corrected chi connectivity index (χ1v) is 5.34. The second kappa shape index (κ2) is 4.00. The minimum absolute atomic E-state index is 0.256. The molecule has 0 bridgehead atoms. The molecule has 14 heavy (non-hydrogen) atoms. The lowest BCUT2D eigenvalue weighted by molar-refractivity contribution is 0.531. The van der Waals surface area contributed by atoms with Gasteiger partial charge in [0, 0.05) is 29.2 Å². The van der Waals surface area contributed by atoms with E-state index in [1.54, 1.807) is 12.5 Å².